The van der Waals surface area contributed by atoms with Crippen molar-refractivity contribution in [2.45, 2.75) is 50.9 Å². The second kappa shape index (κ2) is 6.37. The van der Waals surface area contributed by atoms with Gasteiger partial charge in [0.25, 0.3) is 0 Å². The van der Waals surface area contributed by atoms with Crippen LogP contribution in [0.2, 0.25) is 0 Å². The molecule has 1 fully saturated rings. The van der Waals surface area contributed by atoms with Crippen molar-refractivity contribution in [1.82, 2.24) is 4.98 Å². The van der Waals surface area contributed by atoms with E-state index in [0.717, 1.165) is 17.9 Å². The molecule has 1 aliphatic rings. The number of alkyl halides is 1. The lowest BCUT2D eigenvalue weighted by molar-refractivity contribution is 0.415. The lowest BCUT2D eigenvalue weighted by Gasteiger charge is -2.35. The molecule has 0 amide bonds. The Morgan fingerprint density at radius 1 is 1.39 bits per heavy atom. The summed E-state index contributed by atoms with van der Waals surface area (Å²) in [6.07, 6.45) is 7.57. The van der Waals surface area contributed by atoms with Crippen molar-refractivity contribution in [1.29, 1.82) is 0 Å². The molecule has 18 heavy (non-hydrogen) atoms. The third-order valence-electron chi connectivity index (χ3n) is 3.68. The van der Waals surface area contributed by atoms with Gasteiger partial charge in [0.05, 0.1) is 12.1 Å². The summed E-state index contributed by atoms with van der Waals surface area (Å²) < 4.78 is 13.2. The molecule has 1 saturated carbocycles. The van der Waals surface area contributed by atoms with Gasteiger partial charge >= 0.3 is 0 Å². The molecule has 0 N–H and O–H groups in total. The van der Waals surface area contributed by atoms with Crippen molar-refractivity contribution >= 4 is 17.4 Å². The second-order valence-corrected chi connectivity index (χ2v) is 5.12. The van der Waals surface area contributed by atoms with E-state index in [4.69, 9.17) is 11.6 Å². The van der Waals surface area contributed by atoms with E-state index in [-0.39, 0.29) is 5.82 Å². The highest BCUT2D eigenvalue weighted by molar-refractivity contribution is 6.17. The van der Waals surface area contributed by atoms with Crippen LogP contribution < -0.4 is 4.90 Å². The van der Waals surface area contributed by atoms with E-state index in [9.17, 15) is 4.39 Å². The molecule has 0 radical (unpaired) electrons. The summed E-state index contributed by atoms with van der Waals surface area (Å²) in [5.74, 6) is 0.860. The fourth-order valence-corrected chi connectivity index (χ4v) is 3.00. The number of halogens is 2. The highest BCUT2D eigenvalue weighted by Crippen LogP contribution is 2.29. The lowest BCUT2D eigenvalue weighted by atomic mass is 9.94. The van der Waals surface area contributed by atoms with E-state index >= 15 is 0 Å². The minimum Gasteiger partial charge on any atom is -0.354 e. The van der Waals surface area contributed by atoms with Crippen LogP contribution in [-0.2, 0) is 5.88 Å². The minimum atomic E-state index is -0.311. The Bertz CT molecular complexity index is 391. The summed E-state index contributed by atoms with van der Waals surface area (Å²) in [6.45, 7) is 3.02. The van der Waals surface area contributed by atoms with E-state index in [1.54, 1.807) is 0 Å². The molecule has 2 rings (SSSR count). The zero-order valence-corrected chi connectivity index (χ0v) is 11.6. The first-order valence-corrected chi connectivity index (χ1v) is 7.26. The summed E-state index contributed by atoms with van der Waals surface area (Å²) in [7, 11) is 0. The van der Waals surface area contributed by atoms with Crippen LogP contribution in [0.5, 0.6) is 0 Å². The summed E-state index contributed by atoms with van der Waals surface area (Å²) in [5.41, 5.74) is 0.795. The Morgan fingerprint density at radius 3 is 2.72 bits per heavy atom. The molecule has 0 spiro atoms. The zero-order chi connectivity index (χ0) is 13.0. The molecule has 0 aromatic carbocycles. The van der Waals surface area contributed by atoms with E-state index in [1.165, 1.54) is 44.4 Å². The molecule has 2 nitrogen and oxygen atoms in total. The Labute approximate surface area is 113 Å². The van der Waals surface area contributed by atoms with Crippen molar-refractivity contribution in [2.24, 2.45) is 0 Å². The van der Waals surface area contributed by atoms with Crippen molar-refractivity contribution in [3.63, 3.8) is 0 Å². The first kappa shape index (κ1) is 13.6. The van der Waals surface area contributed by atoms with Crippen molar-refractivity contribution < 1.29 is 4.39 Å². The van der Waals surface area contributed by atoms with Crippen LogP contribution in [0.25, 0.3) is 0 Å². The molecule has 1 aromatic rings. The van der Waals surface area contributed by atoms with Gasteiger partial charge in [0.1, 0.15) is 11.6 Å². The maximum atomic E-state index is 13.2. The molecule has 0 aliphatic heterocycles. The van der Waals surface area contributed by atoms with E-state index in [2.05, 4.69) is 16.8 Å². The molecule has 0 saturated heterocycles. The van der Waals surface area contributed by atoms with Crippen LogP contribution in [-0.4, -0.2) is 17.6 Å². The maximum absolute atomic E-state index is 13.2. The van der Waals surface area contributed by atoms with Gasteiger partial charge in [-0.05, 0) is 25.8 Å². The van der Waals surface area contributed by atoms with Gasteiger partial charge in [-0.25, -0.2) is 9.37 Å². The smallest absolute Gasteiger partial charge is 0.141 e. The molecule has 1 heterocycles. The Kier molecular flexibility index (Phi) is 4.81. The SMILES string of the molecule is CCN(c1ncc(F)cc1CCl)C1CCCCC1. The third-order valence-corrected chi connectivity index (χ3v) is 3.97. The number of hydrogen-bond acceptors (Lipinski definition) is 2. The van der Waals surface area contributed by atoms with Crippen LogP contribution in [0.4, 0.5) is 10.2 Å². The Morgan fingerprint density at radius 2 is 2.11 bits per heavy atom. The second-order valence-electron chi connectivity index (χ2n) is 4.85. The van der Waals surface area contributed by atoms with E-state index in [1.807, 2.05) is 0 Å². The minimum absolute atomic E-state index is 0.309. The molecule has 4 heteroatoms. The average Bonchev–Trinajstić information content (AvgIpc) is 2.42. The lowest BCUT2D eigenvalue weighted by Crippen LogP contribution is -2.37. The third kappa shape index (κ3) is 2.94. The monoisotopic (exact) mass is 270 g/mol. The molecule has 1 aromatic heterocycles. The van der Waals surface area contributed by atoms with Gasteiger partial charge in [-0.2, -0.15) is 0 Å². The van der Waals surface area contributed by atoms with Gasteiger partial charge in [0, 0.05) is 18.2 Å². The summed E-state index contributed by atoms with van der Waals surface area (Å²) >= 11 is 5.91. The summed E-state index contributed by atoms with van der Waals surface area (Å²) in [4.78, 5) is 6.55. The van der Waals surface area contributed by atoms with Crippen LogP contribution >= 0.6 is 11.6 Å². The number of pyridine rings is 1. The van der Waals surface area contributed by atoms with Crippen LogP contribution in [0.15, 0.2) is 12.3 Å². The van der Waals surface area contributed by atoms with Crippen molar-refractivity contribution in [3.8, 4) is 0 Å². The number of rotatable bonds is 4. The first-order valence-electron chi connectivity index (χ1n) is 6.73. The van der Waals surface area contributed by atoms with E-state index < -0.39 is 0 Å². The van der Waals surface area contributed by atoms with E-state index in [0.29, 0.717) is 11.9 Å². The van der Waals surface area contributed by atoms with Gasteiger partial charge in [-0.15, -0.1) is 11.6 Å². The molecule has 0 bridgehead atoms. The Balaban J connectivity index is 2.25. The Hall–Kier alpha value is -0.830. The number of nitrogens with zero attached hydrogens (tertiary/aromatic N) is 2. The number of anilines is 1. The zero-order valence-electron chi connectivity index (χ0n) is 10.8. The maximum Gasteiger partial charge on any atom is 0.141 e. The largest absolute Gasteiger partial charge is 0.354 e. The number of hydrogen-bond donors (Lipinski definition) is 0. The molecule has 100 valence electrons. The quantitative estimate of drug-likeness (QED) is 0.765. The van der Waals surface area contributed by atoms with Crippen molar-refractivity contribution in [3.05, 3.63) is 23.6 Å². The molecular formula is C14H20ClFN2. The predicted octanol–water partition coefficient (Wildman–Crippen LogP) is 4.12. The fraction of sp³-hybridized carbons (Fsp3) is 0.643. The van der Waals surface area contributed by atoms with Crippen LogP contribution in [0, 0.1) is 5.82 Å². The average molecular weight is 271 g/mol. The fourth-order valence-electron chi connectivity index (χ4n) is 2.80. The van der Waals surface area contributed by atoms with Gasteiger partial charge < -0.3 is 4.90 Å². The summed E-state index contributed by atoms with van der Waals surface area (Å²) in [5, 5.41) is 0. The molecular weight excluding hydrogens is 251 g/mol. The topological polar surface area (TPSA) is 16.1 Å². The molecule has 0 unspecified atom stereocenters. The standard InChI is InChI=1S/C14H20ClFN2/c1-2-18(13-6-4-3-5-7-13)14-11(9-15)8-12(16)10-17-14/h8,10,13H,2-7,9H2,1H3. The number of aromatic nitrogens is 1. The normalized spacial score (nSPS) is 16.8. The molecule has 1 aliphatic carbocycles. The summed E-state index contributed by atoms with van der Waals surface area (Å²) in [6, 6.07) is 2.03. The van der Waals surface area contributed by atoms with Crippen LogP contribution in [0.3, 0.4) is 0 Å². The van der Waals surface area contributed by atoms with Gasteiger partial charge in [-0.1, -0.05) is 19.3 Å². The van der Waals surface area contributed by atoms with Crippen molar-refractivity contribution in [2.75, 3.05) is 11.4 Å². The van der Waals surface area contributed by atoms with Gasteiger partial charge in [0.2, 0.25) is 0 Å². The van der Waals surface area contributed by atoms with Gasteiger partial charge in [-0.3, -0.25) is 0 Å². The first-order chi connectivity index (χ1) is 8.76. The highest BCUT2D eigenvalue weighted by Gasteiger charge is 2.23. The van der Waals surface area contributed by atoms with Gasteiger partial charge in [0.15, 0.2) is 0 Å². The highest BCUT2D eigenvalue weighted by atomic mass is 35.5. The predicted molar refractivity (Wildman–Crippen MR) is 73.6 cm³/mol. The molecule has 0 atom stereocenters. The van der Waals surface area contributed by atoms with Crippen LogP contribution in [0.1, 0.15) is 44.6 Å².